The summed E-state index contributed by atoms with van der Waals surface area (Å²) in [7, 11) is 0. The molecule has 0 fully saturated rings. The molecule has 0 amide bonds. The molecule has 0 aliphatic heterocycles. The van der Waals surface area contributed by atoms with Gasteiger partial charge in [0.2, 0.25) is 0 Å². The molecule has 0 bridgehead atoms. The summed E-state index contributed by atoms with van der Waals surface area (Å²) in [6.45, 7) is 0. The van der Waals surface area contributed by atoms with Gasteiger partial charge in [-0.25, -0.2) is 0 Å². The monoisotopic (exact) mass is 472 g/mol. The van der Waals surface area contributed by atoms with Gasteiger partial charge in [-0.15, -0.1) is 0 Å². The number of fused-ring (bicyclic) bond motifs is 8. The van der Waals surface area contributed by atoms with Crippen LogP contribution in [0.3, 0.4) is 0 Å². The first-order valence-corrected chi connectivity index (χ1v) is 12.4. The molecule has 0 aliphatic carbocycles. The van der Waals surface area contributed by atoms with Gasteiger partial charge >= 0.3 is 0 Å². The van der Waals surface area contributed by atoms with Gasteiger partial charge in [-0.3, -0.25) is 15.0 Å². The number of hydrogen-bond donors (Lipinski definition) is 0. The molecule has 172 valence electrons. The number of pyridine rings is 3. The minimum absolute atomic E-state index is 0.913. The number of nitrogens with zero attached hydrogens (tertiary/aromatic N) is 4. The van der Waals surface area contributed by atoms with Crippen LogP contribution < -0.4 is 0 Å². The molecule has 8 aromatic rings. The SMILES string of the molecule is c1ccc(-c2ccc3c(c2)c2c4ccccc4ccc2n3-c2cc3cccnc3c3ncccc23)nc1. The summed E-state index contributed by atoms with van der Waals surface area (Å²) in [5.74, 6) is 0. The fourth-order valence-electron chi connectivity index (χ4n) is 5.69. The standard InChI is InChI=1S/C33H20N4/c1-2-9-24-21(7-1)12-15-29-31(24)26-19-22(27-11-3-4-16-34-27)13-14-28(26)37(29)30-20-23-8-5-17-35-32(23)33-25(30)10-6-18-36-33/h1-20H. The van der Waals surface area contributed by atoms with Crippen molar-refractivity contribution in [3.63, 3.8) is 0 Å². The molecular formula is C33H20N4. The molecule has 4 heterocycles. The molecule has 4 nitrogen and oxygen atoms in total. The van der Waals surface area contributed by atoms with Gasteiger partial charge < -0.3 is 4.57 Å². The largest absolute Gasteiger partial charge is 0.309 e. The van der Waals surface area contributed by atoms with Crippen molar-refractivity contribution in [1.29, 1.82) is 0 Å². The average Bonchev–Trinajstić information content (AvgIpc) is 3.31. The lowest BCUT2D eigenvalue weighted by molar-refractivity contribution is 1.20. The Morgan fingerprint density at radius 1 is 0.486 bits per heavy atom. The van der Waals surface area contributed by atoms with Gasteiger partial charge in [-0.05, 0) is 65.4 Å². The zero-order valence-corrected chi connectivity index (χ0v) is 19.8. The van der Waals surface area contributed by atoms with Crippen LogP contribution in [0.2, 0.25) is 0 Å². The molecule has 4 aromatic heterocycles. The molecule has 8 rings (SSSR count). The Kier molecular flexibility index (Phi) is 4.19. The molecule has 0 saturated carbocycles. The Labute approximate surface area is 212 Å². The van der Waals surface area contributed by atoms with Crippen LogP contribution in [0.1, 0.15) is 0 Å². The van der Waals surface area contributed by atoms with Gasteiger partial charge in [0.15, 0.2) is 0 Å². The van der Waals surface area contributed by atoms with E-state index < -0.39 is 0 Å². The third kappa shape index (κ3) is 2.93. The summed E-state index contributed by atoms with van der Waals surface area (Å²) >= 11 is 0. The zero-order chi connectivity index (χ0) is 24.3. The van der Waals surface area contributed by atoms with Crippen molar-refractivity contribution in [2.24, 2.45) is 0 Å². The Morgan fingerprint density at radius 2 is 1.24 bits per heavy atom. The van der Waals surface area contributed by atoms with Gasteiger partial charge in [0.25, 0.3) is 0 Å². The smallest absolute Gasteiger partial charge is 0.0985 e. The van der Waals surface area contributed by atoms with E-state index in [0.29, 0.717) is 0 Å². The molecular weight excluding hydrogens is 452 g/mol. The molecule has 0 spiro atoms. The van der Waals surface area contributed by atoms with Gasteiger partial charge in [0.1, 0.15) is 0 Å². The normalized spacial score (nSPS) is 11.8. The number of aromatic nitrogens is 4. The summed E-state index contributed by atoms with van der Waals surface area (Å²) in [6, 6.07) is 36.3. The quantitative estimate of drug-likeness (QED) is 0.239. The fraction of sp³-hybridized carbons (Fsp3) is 0. The molecule has 0 atom stereocenters. The molecule has 0 aliphatic rings. The minimum Gasteiger partial charge on any atom is -0.309 e. The summed E-state index contributed by atoms with van der Waals surface area (Å²) < 4.78 is 2.38. The van der Waals surface area contributed by atoms with E-state index in [1.54, 1.807) is 0 Å². The molecule has 0 radical (unpaired) electrons. The first-order valence-electron chi connectivity index (χ1n) is 12.4. The minimum atomic E-state index is 0.913. The maximum Gasteiger partial charge on any atom is 0.0985 e. The van der Waals surface area contributed by atoms with Gasteiger partial charge in [-0.2, -0.15) is 0 Å². The van der Waals surface area contributed by atoms with E-state index in [1.165, 1.54) is 27.1 Å². The van der Waals surface area contributed by atoms with Crippen molar-refractivity contribution < 1.29 is 0 Å². The molecule has 0 N–H and O–H groups in total. The molecule has 37 heavy (non-hydrogen) atoms. The Hall–Kier alpha value is -5.09. The highest BCUT2D eigenvalue weighted by molar-refractivity contribution is 6.22. The topological polar surface area (TPSA) is 43.6 Å². The van der Waals surface area contributed by atoms with Crippen molar-refractivity contribution >= 4 is 54.4 Å². The van der Waals surface area contributed by atoms with Crippen LogP contribution >= 0.6 is 0 Å². The highest BCUT2D eigenvalue weighted by Crippen LogP contribution is 2.40. The lowest BCUT2D eigenvalue weighted by atomic mass is 10.0. The zero-order valence-electron chi connectivity index (χ0n) is 19.8. The van der Waals surface area contributed by atoms with Gasteiger partial charge in [0.05, 0.1) is 33.4 Å². The van der Waals surface area contributed by atoms with Crippen LogP contribution in [-0.2, 0) is 0 Å². The van der Waals surface area contributed by atoms with Crippen LogP contribution in [0, 0.1) is 0 Å². The number of rotatable bonds is 2. The highest BCUT2D eigenvalue weighted by Gasteiger charge is 2.18. The van der Waals surface area contributed by atoms with Crippen LogP contribution in [0.25, 0.3) is 71.3 Å². The second kappa shape index (κ2) is 7.70. The van der Waals surface area contributed by atoms with Crippen LogP contribution in [-0.4, -0.2) is 19.5 Å². The van der Waals surface area contributed by atoms with Crippen LogP contribution in [0.15, 0.2) is 122 Å². The molecule has 4 aromatic carbocycles. The maximum atomic E-state index is 4.76. The van der Waals surface area contributed by atoms with Crippen molar-refractivity contribution in [2.45, 2.75) is 0 Å². The van der Waals surface area contributed by atoms with Crippen molar-refractivity contribution in [2.75, 3.05) is 0 Å². The Morgan fingerprint density at radius 3 is 2.16 bits per heavy atom. The van der Waals surface area contributed by atoms with Gasteiger partial charge in [0, 0.05) is 45.7 Å². The summed E-state index contributed by atoms with van der Waals surface area (Å²) in [4.78, 5) is 14.0. The van der Waals surface area contributed by atoms with Crippen molar-refractivity contribution in [3.8, 4) is 16.9 Å². The van der Waals surface area contributed by atoms with E-state index in [4.69, 9.17) is 4.98 Å². The van der Waals surface area contributed by atoms with E-state index in [1.807, 2.05) is 42.9 Å². The first-order chi connectivity index (χ1) is 18.4. The van der Waals surface area contributed by atoms with E-state index >= 15 is 0 Å². The third-order valence-corrected chi connectivity index (χ3v) is 7.30. The van der Waals surface area contributed by atoms with E-state index in [9.17, 15) is 0 Å². The highest BCUT2D eigenvalue weighted by atomic mass is 15.0. The second-order valence-electron chi connectivity index (χ2n) is 9.33. The summed E-state index contributed by atoms with van der Waals surface area (Å²) in [5.41, 5.74) is 7.33. The van der Waals surface area contributed by atoms with Crippen molar-refractivity contribution in [3.05, 3.63) is 122 Å². The second-order valence-corrected chi connectivity index (χ2v) is 9.33. The van der Waals surface area contributed by atoms with Crippen molar-refractivity contribution in [1.82, 2.24) is 19.5 Å². The molecule has 4 heteroatoms. The van der Waals surface area contributed by atoms with Crippen LogP contribution in [0.5, 0.6) is 0 Å². The number of hydrogen-bond acceptors (Lipinski definition) is 3. The van der Waals surface area contributed by atoms with Gasteiger partial charge in [-0.1, -0.05) is 48.5 Å². The Balaban J connectivity index is 1.57. The molecule has 0 unspecified atom stereocenters. The predicted octanol–water partition coefficient (Wildman–Crippen LogP) is 8.10. The van der Waals surface area contributed by atoms with E-state index in [0.717, 1.165) is 44.3 Å². The summed E-state index contributed by atoms with van der Waals surface area (Å²) in [5, 5.41) is 7.07. The fourth-order valence-corrected chi connectivity index (χ4v) is 5.69. The first kappa shape index (κ1) is 20.1. The predicted molar refractivity (Wildman–Crippen MR) is 152 cm³/mol. The van der Waals surface area contributed by atoms with Crippen LogP contribution in [0.4, 0.5) is 0 Å². The Bertz CT molecular complexity index is 2140. The third-order valence-electron chi connectivity index (χ3n) is 7.30. The maximum absolute atomic E-state index is 4.76. The lowest BCUT2D eigenvalue weighted by Crippen LogP contribution is -1.97. The van der Waals surface area contributed by atoms with E-state index in [2.05, 4.69) is 93.4 Å². The molecule has 0 saturated heterocycles. The van der Waals surface area contributed by atoms with E-state index in [-0.39, 0.29) is 0 Å². The summed E-state index contributed by atoms with van der Waals surface area (Å²) in [6.07, 6.45) is 5.53. The number of benzene rings is 4. The lowest BCUT2D eigenvalue weighted by Gasteiger charge is -2.13. The average molecular weight is 473 g/mol.